The summed E-state index contributed by atoms with van der Waals surface area (Å²) in [6.45, 7) is 13.6. The van der Waals surface area contributed by atoms with E-state index in [4.69, 9.17) is 14.3 Å². The fourth-order valence-electron chi connectivity index (χ4n) is 8.45. The number of alkyl halides is 3. The summed E-state index contributed by atoms with van der Waals surface area (Å²) >= 11 is 0. The molecule has 2 atom stereocenters. The Bertz CT molecular complexity index is 2280. The topological polar surface area (TPSA) is 146 Å². The highest BCUT2D eigenvalue weighted by Gasteiger charge is 2.46. The average molecular weight is 962 g/mol. The van der Waals surface area contributed by atoms with Crippen molar-refractivity contribution in [3.05, 3.63) is 89.9 Å². The van der Waals surface area contributed by atoms with Crippen LogP contribution >= 0.6 is 0 Å². The fraction of sp³-hybridized carbons (Fsp3) is 0.509. The Labute approximate surface area is 406 Å². The molecule has 2 N–H and O–H groups in total. The van der Waals surface area contributed by atoms with Gasteiger partial charge in [0, 0.05) is 92.5 Å². The van der Waals surface area contributed by atoms with Crippen LogP contribution in [0.2, 0.25) is 0 Å². The molecule has 1 aliphatic carbocycles. The van der Waals surface area contributed by atoms with Gasteiger partial charge in [0.1, 0.15) is 6.04 Å². The number of anilines is 1. The lowest BCUT2D eigenvalue weighted by molar-refractivity contribution is -0.184. The van der Waals surface area contributed by atoms with E-state index in [9.17, 15) is 27.6 Å². The molecule has 2 aliphatic rings. The number of benzene rings is 2. The molecule has 16 heteroatoms. The van der Waals surface area contributed by atoms with Crippen molar-refractivity contribution in [2.24, 2.45) is 13.0 Å². The Hall–Kier alpha value is -5.87. The summed E-state index contributed by atoms with van der Waals surface area (Å²) < 4.78 is 51.3. The Morgan fingerprint density at radius 2 is 1.61 bits per heavy atom. The summed E-state index contributed by atoms with van der Waals surface area (Å²) in [5.41, 5.74) is 5.05. The molecule has 4 amide bonds. The fourth-order valence-corrected chi connectivity index (χ4v) is 8.45. The minimum Gasteiger partial charge on any atom is -0.378 e. The van der Waals surface area contributed by atoms with Crippen molar-refractivity contribution in [1.29, 1.82) is 0 Å². The van der Waals surface area contributed by atoms with E-state index >= 15 is 0 Å². The largest absolute Gasteiger partial charge is 0.405 e. The van der Waals surface area contributed by atoms with Crippen LogP contribution in [0.3, 0.4) is 0 Å². The van der Waals surface area contributed by atoms with E-state index in [1.807, 2.05) is 47.0 Å². The number of nitrogens with one attached hydrogen (secondary N) is 2. The maximum Gasteiger partial charge on any atom is 0.405 e. The zero-order chi connectivity index (χ0) is 50.9. The number of rotatable bonds is 21. The van der Waals surface area contributed by atoms with Gasteiger partial charge in [0.15, 0.2) is 6.29 Å². The van der Waals surface area contributed by atoms with Crippen LogP contribution in [0.15, 0.2) is 73.2 Å². The first-order chi connectivity index (χ1) is 33.3. The van der Waals surface area contributed by atoms with E-state index in [0.29, 0.717) is 63.2 Å². The molecule has 2 fully saturated rings. The SMILES string of the molecule is CC.CCC.CCCC(C)N(C)C(=O)c1ccc(N2CCN(CCCCCCOC3CC(/C=C\C(=C/NC=O)c4ccc5c6cnccc6n(C)c5c4)C3)C(C(F)(F)F)C2)cc1C=O.O=CNC=O. The van der Waals surface area contributed by atoms with Gasteiger partial charge < -0.3 is 29.7 Å². The molecule has 378 valence electrons. The molecule has 1 saturated heterocycles. The molecule has 3 heterocycles. The summed E-state index contributed by atoms with van der Waals surface area (Å²) in [4.78, 5) is 63.5. The van der Waals surface area contributed by atoms with Crippen LogP contribution in [-0.2, 0) is 26.2 Å². The van der Waals surface area contributed by atoms with Gasteiger partial charge in [-0.1, -0.05) is 84.6 Å². The number of hydrogen-bond acceptors (Lipinski definition) is 9. The van der Waals surface area contributed by atoms with E-state index in [1.54, 1.807) is 52.8 Å². The van der Waals surface area contributed by atoms with Gasteiger partial charge in [-0.2, -0.15) is 13.2 Å². The number of pyridine rings is 1. The molecule has 2 aromatic heterocycles. The lowest BCUT2D eigenvalue weighted by Gasteiger charge is -2.43. The third-order valence-corrected chi connectivity index (χ3v) is 12.3. The number of aldehydes is 1. The van der Waals surface area contributed by atoms with Crippen LogP contribution in [-0.4, -0.2) is 115 Å². The molecule has 2 aromatic carbocycles. The molecule has 4 aromatic rings. The number of amides is 4. The molecule has 6 rings (SSSR count). The third kappa shape index (κ3) is 16.7. The van der Waals surface area contributed by atoms with Gasteiger partial charge in [-0.05, 0) is 93.0 Å². The third-order valence-electron chi connectivity index (χ3n) is 12.3. The number of ether oxygens (including phenoxy) is 1. The summed E-state index contributed by atoms with van der Waals surface area (Å²) in [6, 6.07) is 11.4. The van der Waals surface area contributed by atoms with Crippen molar-refractivity contribution in [1.82, 2.24) is 30.0 Å². The number of nitrogens with zero attached hydrogens (tertiary/aromatic N) is 5. The molecular formula is C53H74F3N7O6. The first kappa shape index (κ1) is 57.4. The molecule has 69 heavy (non-hydrogen) atoms. The number of aromatic nitrogens is 2. The average Bonchev–Trinajstić information content (AvgIpc) is 3.63. The van der Waals surface area contributed by atoms with Crippen LogP contribution in [0.1, 0.15) is 126 Å². The van der Waals surface area contributed by atoms with Gasteiger partial charge in [0.05, 0.1) is 17.2 Å². The second-order valence-electron chi connectivity index (χ2n) is 17.2. The number of fused-ring (bicyclic) bond motifs is 3. The lowest BCUT2D eigenvalue weighted by atomic mass is 9.81. The first-order valence-electron chi connectivity index (χ1n) is 24.3. The van der Waals surface area contributed by atoms with E-state index in [1.165, 1.54) is 11.3 Å². The number of hydrogen-bond donors (Lipinski definition) is 2. The highest BCUT2D eigenvalue weighted by atomic mass is 19.4. The Balaban J connectivity index is 0.00000116. The van der Waals surface area contributed by atoms with Crippen LogP contribution in [0.25, 0.3) is 27.4 Å². The molecule has 2 unspecified atom stereocenters. The van der Waals surface area contributed by atoms with Gasteiger partial charge in [-0.25, -0.2) is 0 Å². The van der Waals surface area contributed by atoms with Crippen molar-refractivity contribution in [3.63, 3.8) is 0 Å². The number of carbonyl (C=O) groups is 5. The highest BCUT2D eigenvalue weighted by molar-refractivity contribution is 6.08. The standard InChI is InChI=1S/C46H57F3N6O4.C3H8.C2H3NO2.C2H6/c1-5-10-32(2)52(3)45(58)39-16-14-37(25-36(39)30-56)55-21-20-54(44(29-55)46(47,48)49)19-8-6-7-9-22-59-38-23-33(24-38)11-12-35(27-51-31-57)34-13-15-40-41-28-50-18-17-42(41)53(4)43(40)26-34;1-3-2;4-1-3-2-5;1-2/h11-18,25-28,30-33,38,44H,5-10,19-24,29H2,1-4H3,(H,51,57);3H2,1-2H3;1-2H,(H,3,4,5);1-2H3/b12-11-,35-27+;;;. The Morgan fingerprint density at radius 3 is 2.25 bits per heavy atom. The summed E-state index contributed by atoms with van der Waals surface area (Å²) in [5.74, 6) is 0.0970. The van der Waals surface area contributed by atoms with Gasteiger partial charge in [0.25, 0.3) is 5.91 Å². The maximum absolute atomic E-state index is 14.3. The quantitative estimate of drug-likeness (QED) is 0.0474. The second kappa shape index (κ2) is 29.9. The molecule has 0 spiro atoms. The minimum absolute atomic E-state index is 0.00316. The number of imide groups is 1. The van der Waals surface area contributed by atoms with Gasteiger partial charge >= 0.3 is 6.18 Å². The van der Waals surface area contributed by atoms with Gasteiger partial charge in [-0.3, -0.25) is 33.9 Å². The molecule has 0 bridgehead atoms. The number of carbonyl (C=O) groups excluding carboxylic acids is 5. The van der Waals surface area contributed by atoms with E-state index in [2.05, 4.69) is 59.1 Å². The number of unbranched alkanes of at least 4 members (excludes halogenated alkanes) is 3. The molecule has 1 aliphatic heterocycles. The maximum atomic E-state index is 14.3. The lowest BCUT2D eigenvalue weighted by Crippen LogP contribution is -2.59. The first-order valence-corrected chi connectivity index (χ1v) is 24.3. The molecule has 0 radical (unpaired) electrons. The van der Waals surface area contributed by atoms with Crippen LogP contribution in [0, 0.1) is 5.92 Å². The Kier molecular flexibility index (Phi) is 24.9. The van der Waals surface area contributed by atoms with Crippen molar-refractivity contribution in [2.45, 2.75) is 124 Å². The zero-order valence-corrected chi connectivity index (χ0v) is 41.8. The Morgan fingerprint density at radius 1 is 0.913 bits per heavy atom. The molecule has 1 saturated carbocycles. The number of allylic oxidation sites excluding steroid dienone is 3. The summed E-state index contributed by atoms with van der Waals surface area (Å²) in [5, 5.41) is 6.67. The van der Waals surface area contributed by atoms with Crippen LogP contribution < -0.4 is 15.5 Å². The highest BCUT2D eigenvalue weighted by Crippen LogP contribution is 2.35. The van der Waals surface area contributed by atoms with E-state index < -0.39 is 12.2 Å². The summed E-state index contributed by atoms with van der Waals surface area (Å²) in [7, 11) is 3.74. The van der Waals surface area contributed by atoms with Crippen molar-refractivity contribution >= 4 is 64.5 Å². The summed E-state index contributed by atoms with van der Waals surface area (Å²) in [6.07, 6.45) is 15.4. The second-order valence-corrected chi connectivity index (χ2v) is 17.2. The van der Waals surface area contributed by atoms with E-state index in [0.717, 1.165) is 77.9 Å². The number of aryl methyl sites for hydroxylation is 1. The van der Waals surface area contributed by atoms with Crippen molar-refractivity contribution < 1.29 is 41.9 Å². The van der Waals surface area contributed by atoms with Gasteiger partial charge in [-0.15, -0.1) is 0 Å². The monoisotopic (exact) mass is 962 g/mol. The zero-order valence-electron chi connectivity index (χ0n) is 41.8. The van der Waals surface area contributed by atoms with Gasteiger partial charge in [0.2, 0.25) is 19.2 Å². The van der Waals surface area contributed by atoms with Crippen LogP contribution in [0.4, 0.5) is 18.9 Å². The number of piperazine rings is 1. The predicted molar refractivity (Wildman–Crippen MR) is 270 cm³/mol. The van der Waals surface area contributed by atoms with Crippen LogP contribution in [0.5, 0.6) is 0 Å². The van der Waals surface area contributed by atoms with Crippen molar-refractivity contribution in [3.8, 4) is 0 Å². The predicted octanol–water partition coefficient (Wildman–Crippen LogP) is 9.88. The molecule has 13 nitrogen and oxygen atoms in total. The van der Waals surface area contributed by atoms with E-state index in [-0.39, 0.29) is 42.3 Å². The normalized spacial score (nSPS) is 17.5. The molecular weight excluding hydrogens is 888 g/mol. The minimum atomic E-state index is -4.40. The smallest absolute Gasteiger partial charge is 0.378 e. The number of halogens is 3. The van der Waals surface area contributed by atoms with Crippen molar-refractivity contribution in [2.75, 3.05) is 44.7 Å².